The van der Waals surface area contributed by atoms with Crippen molar-refractivity contribution in [3.8, 4) is 0 Å². The van der Waals surface area contributed by atoms with Crippen LogP contribution in [0.15, 0.2) is 6.07 Å². The van der Waals surface area contributed by atoms with Crippen LogP contribution in [0, 0.1) is 0 Å². The Bertz CT molecular complexity index is 267. The normalized spacial score (nSPS) is 9.90. The highest BCUT2D eigenvalue weighted by Crippen LogP contribution is 2.23. The van der Waals surface area contributed by atoms with Gasteiger partial charge in [-0.25, -0.2) is 0 Å². The first-order chi connectivity index (χ1) is 4.66. The molecule has 0 saturated carbocycles. The molecule has 0 N–H and O–H groups in total. The molecule has 0 fully saturated rings. The van der Waals surface area contributed by atoms with Crippen LogP contribution in [0.25, 0.3) is 0 Å². The van der Waals surface area contributed by atoms with Gasteiger partial charge in [0.05, 0.1) is 10.7 Å². The lowest BCUT2D eigenvalue weighted by Gasteiger charge is -1.93. The Morgan fingerprint density at radius 2 is 2.20 bits per heavy atom. The van der Waals surface area contributed by atoms with Crippen LogP contribution in [-0.4, -0.2) is 10.9 Å². The second-order valence-corrected chi connectivity index (χ2v) is 2.65. The summed E-state index contributed by atoms with van der Waals surface area (Å²) in [7, 11) is 1.68. The number of halogens is 2. The van der Waals surface area contributed by atoms with E-state index in [1.54, 1.807) is 7.05 Å². The summed E-state index contributed by atoms with van der Waals surface area (Å²) < 4.78 is 1.52. The lowest BCUT2D eigenvalue weighted by Crippen LogP contribution is -1.92. The van der Waals surface area contributed by atoms with Gasteiger partial charge in [0.1, 0.15) is 5.15 Å². The molecule has 0 spiro atoms. The fourth-order valence-electron chi connectivity index (χ4n) is 0.673. The minimum absolute atomic E-state index is 0.392. The van der Waals surface area contributed by atoms with Crippen LogP contribution in [0.1, 0.15) is 10.5 Å². The Hall–Kier alpha value is -0.470. The number of hydrogen-bond donors (Lipinski definition) is 0. The molecule has 0 radical (unpaired) electrons. The molecule has 0 unspecified atom stereocenters. The van der Waals surface area contributed by atoms with Crippen LogP contribution in [0.2, 0.25) is 10.2 Å². The average Bonchev–Trinajstić information content (AvgIpc) is 2.17. The van der Waals surface area contributed by atoms with Crippen molar-refractivity contribution >= 4 is 29.5 Å². The molecule has 1 rings (SSSR count). The minimum Gasteiger partial charge on any atom is -0.331 e. The summed E-state index contributed by atoms with van der Waals surface area (Å²) in [6.45, 7) is 0. The summed E-state index contributed by atoms with van der Waals surface area (Å²) in [6.07, 6.45) is 0.706. The Morgan fingerprint density at radius 3 is 2.40 bits per heavy atom. The van der Waals surface area contributed by atoms with E-state index in [1.165, 1.54) is 10.6 Å². The lowest BCUT2D eigenvalue weighted by molar-refractivity contribution is 0.111. The second kappa shape index (κ2) is 2.64. The molecule has 0 aliphatic carbocycles. The maximum atomic E-state index is 10.3. The van der Waals surface area contributed by atoms with Crippen LogP contribution in [-0.2, 0) is 7.05 Å². The highest BCUT2D eigenvalue weighted by Gasteiger charge is 2.06. The molecule has 0 amide bonds. The van der Waals surface area contributed by atoms with Gasteiger partial charge < -0.3 is 4.57 Å². The smallest absolute Gasteiger partial charge is 0.166 e. The summed E-state index contributed by atoms with van der Waals surface area (Å²) >= 11 is 11.3. The summed E-state index contributed by atoms with van der Waals surface area (Å²) in [4.78, 5) is 10.3. The van der Waals surface area contributed by atoms with E-state index in [-0.39, 0.29) is 0 Å². The molecule has 4 heteroatoms. The van der Waals surface area contributed by atoms with Crippen molar-refractivity contribution in [1.82, 2.24) is 4.57 Å². The van der Waals surface area contributed by atoms with Gasteiger partial charge in [-0.2, -0.15) is 0 Å². The fraction of sp³-hybridized carbons (Fsp3) is 0.167. The van der Waals surface area contributed by atoms with E-state index >= 15 is 0 Å². The molecule has 0 aliphatic rings. The van der Waals surface area contributed by atoms with Gasteiger partial charge >= 0.3 is 0 Å². The van der Waals surface area contributed by atoms with Gasteiger partial charge in [0, 0.05) is 7.05 Å². The van der Waals surface area contributed by atoms with Crippen molar-refractivity contribution in [1.29, 1.82) is 0 Å². The Balaban J connectivity index is 3.30. The van der Waals surface area contributed by atoms with Crippen LogP contribution < -0.4 is 0 Å². The maximum absolute atomic E-state index is 10.3. The molecular weight excluding hydrogens is 173 g/mol. The molecule has 2 nitrogen and oxygen atoms in total. The summed E-state index contributed by atoms with van der Waals surface area (Å²) in [5, 5.41) is 0.801. The maximum Gasteiger partial charge on any atom is 0.166 e. The quantitative estimate of drug-likeness (QED) is 0.603. The van der Waals surface area contributed by atoms with E-state index < -0.39 is 0 Å². The van der Waals surface area contributed by atoms with E-state index in [1.807, 2.05) is 0 Å². The van der Waals surface area contributed by atoms with E-state index in [2.05, 4.69) is 0 Å². The number of nitrogens with zero attached hydrogens (tertiary/aromatic N) is 1. The first-order valence-corrected chi connectivity index (χ1v) is 3.38. The van der Waals surface area contributed by atoms with Crippen LogP contribution in [0.5, 0.6) is 0 Å². The number of carbonyl (C=O) groups is 1. The third-order valence-electron chi connectivity index (χ3n) is 1.27. The third-order valence-corrected chi connectivity index (χ3v) is 2.12. The molecule has 0 atom stereocenters. The first-order valence-electron chi connectivity index (χ1n) is 2.62. The van der Waals surface area contributed by atoms with Gasteiger partial charge in [-0.05, 0) is 6.07 Å². The Kier molecular flexibility index (Phi) is 2.02. The molecule has 0 bridgehead atoms. The minimum atomic E-state index is 0.392. The molecule has 0 aliphatic heterocycles. The van der Waals surface area contributed by atoms with Crippen molar-refractivity contribution in [3.05, 3.63) is 21.9 Å². The van der Waals surface area contributed by atoms with Crippen LogP contribution in [0.3, 0.4) is 0 Å². The third kappa shape index (κ3) is 1.04. The molecular formula is C6H5Cl2NO. The number of aldehydes is 1. The number of aromatic nitrogens is 1. The summed E-state index contributed by atoms with van der Waals surface area (Å²) in [5.41, 5.74) is 0.481. The largest absolute Gasteiger partial charge is 0.331 e. The van der Waals surface area contributed by atoms with Gasteiger partial charge in [-0.3, -0.25) is 4.79 Å². The predicted molar refractivity (Wildman–Crippen MR) is 40.8 cm³/mol. The number of hydrogen-bond acceptors (Lipinski definition) is 1. The molecule has 54 valence electrons. The van der Waals surface area contributed by atoms with E-state index in [0.717, 1.165) is 0 Å². The van der Waals surface area contributed by atoms with Crippen molar-refractivity contribution in [2.24, 2.45) is 7.05 Å². The molecule has 1 heterocycles. The van der Waals surface area contributed by atoms with Crippen LogP contribution >= 0.6 is 23.2 Å². The monoisotopic (exact) mass is 177 g/mol. The van der Waals surface area contributed by atoms with Crippen molar-refractivity contribution in [3.63, 3.8) is 0 Å². The number of carbonyl (C=O) groups excluding carboxylic acids is 1. The molecule has 0 saturated heterocycles. The zero-order valence-electron chi connectivity index (χ0n) is 5.27. The second-order valence-electron chi connectivity index (χ2n) is 1.88. The lowest BCUT2D eigenvalue weighted by atomic mass is 10.5. The standard InChI is InChI=1S/C6H5Cl2NO/c1-9-4(3-10)2-5(7)6(9)8/h2-3H,1H3. The van der Waals surface area contributed by atoms with Crippen molar-refractivity contribution in [2.75, 3.05) is 0 Å². The highest BCUT2D eigenvalue weighted by molar-refractivity contribution is 6.41. The first kappa shape index (κ1) is 7.63. The van der Waals surface area contributed by atoms with Gasteiger partial charge in [0.15, 0.2) is 6.29 Å². The molecule has 10 heavy (non-hydrogen) atoms. The van der Waals surface area contributed by atoms with Crippen molar-refractivity contribution in [2.45, 2.75) is 0 Å². The molecule has 1 aromatic rings. The SMILES string of the molecule is Cn1c(C=O)cc(Cl)c1Cl. The van der Waals surface area contributed by atoms with Crippen LogP contribution in [0.4, 0.5) is 0 Å². The van der Waals surface area contributed by atoms with E-state index in [9.17, 15) is 4.79 Å². The van der Waals surface area contributed by atoms with Crippen molar-refractivity contribution < 1.29 is 4.79 Å². The Morgan fingerprint density at radius 1 is 1.60 bits per heavy atom. The summed E-state index contributed by atoms with van der Waals surface area (Å²) in [6, 6.07) is 1.52. The number of rotatable bonds is 1. The Labute approximate surface area is 68.3 Å². The molecule has 1 aromatic heterocycles. The summed E-state index contributed by atoms with van der Waals surface area (Å²) in [5.74, 6) is 0. The highest BCUT2D eigenvalue weighted by atomic mass is 35.5. The fourth-order valence-corrected chi connectivity index (χ4v) is 1.06. The predicted octanol–water partition coefficient (Wildman–Crippen LogP) is 2.14. The topological polar surface area (TPSA) is 22.0 Å². The van der Waals surface area contributed by atoms with E-state index in [0.29, 0.717) is 22.2 Å². The van der Waals surface area contributed by atoms with Gasteiger partial charge in [0.2, 0.25) is 0 Å². The zero-order chi connectivity index (χ0) is 7.72. The van der Waals surface area contributed by atoms with Gasteiger partial charge in [0.25, 0.3) is 0 Å². The zero-order valence-corrected chi connectivity index (χ0v) is 6.78. The van der Waals surface area contributed by atoms with E-state index in [4.69, 9.17) is 23.2 Å². The average molecular weight is 178 g/mol. The molecule has 0 aromatic carbocycles. The van der Waals surface area contributed by atoms with Gasteiger partial charge in [-0.15, -0.1) is 0 Å². The van der Waals surface area contributed by atoms with Gasteiger partial charge in [-0.1, -0.05) is 23.2 Å².